The molecule has 1 unspecified atom stereocenters. The van der Waals surface area contributed by atoms with Crippen molar-refractivity contribution in [3.05, 3.63) is 0 Å². The number of ketones is 1. The van der Waals surface area contributed by atoms with E-state index in [1.54, 1.807) is 0 Å². The number of rotatable bonds is 5. The molecule has 0 spiro atoms. The van der Waals surface area contributed by atoms with E-state index in [9.17, 15) is 4.79 Å². The molecule has 5 heterocycles. The molecule has 0 amide bonds. The Bertz CT molecular complexity index is 500. The highest BCUT2D eigenvalue weighted by atomic mass is 16.5. The van der Waals surface area contributed by atoms with E-state index in [1.807, 2.05) is 0 Å². The summed E-state index contributed by atoms with van der Waals surface area (Å²) in [7, 11) is 0. The fourth-order valence-corrected chi connectivity index (χ4v) is 6.85. The number of piperidine rings is 2. The molecule has 0 aromatic carbocycles. The largest absolute Gasteiger partial charge is 0.376 e. The Labute approximate surface area is 153 Å². The molecule has 4 bridgehead atoms. The van der Waals surface area contributed by atoms with Gasteiger partial charge in [-0.15, -0.1) is 0 Å². The predicted molar refractivity (Wildman–Crippen MR) is 99.4 cm³/mol. The first-order chi connectivity index (χ1) is 11.8. The predicted octanol–water partition coefficient (Wildman–Crippen LogP) is 3.30. The highest BCUT2D eigenvalue weighted by Crippen LogP contribution is 2.54. The van der Waals surface area contributed by atoms with E-state index in [1.165, 1.54) is 0 Å². The number of carbonyl (C=O) groups is 1. The summed E-state index contributed by atoms with van der Waals surface area (Å²) in [5, 5.41) is 0. The van der Waals surface area contributed by atoms with Crippen molar-refractivity contribution in [2.45, 2.75) is 78.0 Å². The number of carbonyl (C=O) groups excluding carboxylic acids is 1. The topological polar surface area (TPSA) is 32.8 Å². The molecule has 1 atom stereocenters. The molecule has 4 heteroatoms. The van der Waals surface area contributed by atoms with Gasteiger partial charge in [0.25, 0.3) is 0 Å². The van der Waals surface area contributed by atoms with Gasteiger partial charge in [0.2, 0.25) is 0 Å². The zero-order valence-corrected chi connectivity index (χ0v) is 16.6. The first-order valence-electron chi connectivity index (χ1n) is 10.5. The number of ether oxygens (including phenoxy) is 1. The molecular formula is C21H36N2O2. The summed E-state index contributed by atoms with van der Waals surface area (Å²) < 4.78 is 5.98. The molecule has 5 aliphatic heterocycles. The Morgan fingerprint density at radius 1 is 1.00 bits per heavy atom. The van der Waals surface area contributed by atoms with Gasteiger partial charge in [-0.3, -0.25) is 14.6 Å². The third kappa shape index (κ3) is 2.71. The van der Waals surface area contributed by atoms with Crippen LogP contribution in [0.1, 0.15) is 66.2 Å². The molecule has 5 fully saturated rings. The minimum absolute atomic E-state index is 0.00213. The van der Waals surface area contributed by atoms with Crippen molar-refractivity contribution in [2.75, 3.05) is 32.8 Å². The molecule has 4 nitrogen and oxygen atoms in total. The van der Waals surface area contributed by atoms with Gasteiger partial charge >= 0.3 is 0 Å². The first kappa shape index (κ1) is 17.9. The Morgan fingerprint density at radius 2 is 1.52 bits per heavy atom. The summed E-state index contributed by atoms with van der Waals surface area (Å²) >= 11 is 0. The van der Waals surface area contributed by atoms with Crippen LogP contribution in [-0.2, 0) is 9.53 Å². The Morgan fingerprint density at radius 3 is 1.96 bits per heavy atom. The van der Waals surface area contributed by atoms with Crippen LogP contribution in [0, 0.1) is 16.7 Å². The molecule has 0 aromatic heterocycles. The maximum atomic E-state index is 13.5. The highest BCUT2D eigenvalue weighted by molar-refractivity contribution is 5.93. The van der Waals surface area contributed by atoms with Crippen LogP contribution in [0.3, 0.4) is 0 Å². The molecule has 5 aliphatic rings. The van der Waals surface area contributed by atoms with Gasteiger partial charge < -0.3 is 4.74 Å². The van der Waals surface area contributed by atoms with E-state index in [0.29, 0.717) is 17.9 Å². The van der Waals surface area contributed by atoms with E-state index in [2.05, 4.69) is 37.5 Å². The van der Waals surface area contributed by atoms with E-state index >= 15 is 0 Å². The summed E-state index contributed by atoms with van der Waals surface area (Å²) in [5.41, 5.74) is -0.174. The van der Waals surface area contributed by atoms with Gasteiger partial charge in [-0.1, -0.05) is 26.7 Å². The van der Waals surface area contributed by atoms with Crippen LogP contribution in [0.4, 0.5) is 0 Å². The van der Waals surface area contributed by atoms with Gasteiger partial charge in [0.1, 0.15) is 5.78 Å². The van der Waals surface area contributed by atoms with Crippen molar-refractivity contribution in [1.82, 2.24) is 9.80 Å². The van der Waals surface area contributed by atoms with Gasteiger partial charge in [0.15, 0.2) is 0 Å². The lowest BCUT2D eigenvalue weighted by Crippen LogP contribution is -2.80. The Balaban J connectivity index is 1.63. The minimum Gasteiger partial charge on any atom is -0.376 e. The normalized spacial score (nSPS) is 48.1. The van der Waals surface area contributed by atoms with Gasteiger partial charge in [-0.05, 0) is 45.4 Å². The van der Waals surface area contributed by atoms with E-state index in [-0.39, 0.29) is 16.4 Å². The maximum absolute atomic E-state index is 13.5. The molecular weight excluding hydrogens is 312 g/mol. The average Bonchev–Trinajstić information content (AvgIpc) is 2.51. The number of hydrogen-bond donors (Lipinski definition) is 0. The van der Waals surface area contributed by atoms with Crippen LogP contribution in [-0.4, -0.2) is 60.1 Å². The van der Waals surface area contributed by atoms with E-state index in [0.717, 1.165) is 71.3 Å². The second-order valence-corrected chi connectivity index (χ2v) is 9.97. The molecule has 0 N–H and O–H groups in total. The van der Waals surface area contributed by atoms with E-state index < -0.39 is 0 Å². The van der Waals surface area contributed by atoms with Crippen LogP contribution < -0.4 is 0 Å². The van der Waals surface area contributed by atoms with Crippen molar-refractivity contribution in [2.24, 2.45) is 16.7 Å². The third-order valence-electron chi connectivity index (χ3n) is 7.35. The van der Waals surface area contributed by atoms with Gasteiger partial charge in [0.05, 0.1) is 22.6 Å². The molecule has 5 rings (SSSR count). The van der Waals surface area contributed by atoms with Gasteiger partial charge in [-0.25, -0.2) is 0 Å². The van der Waals surface area contributed by atoms with Crippen molar-refractivity contribution >= 4 is 5.78 Å². The SMILES string of the molecule is CCCC12CN3CC(CCC)(CN(C1)C3C1CCOC(C)(C)C1)C2=O. The lowest BCUT2D eigenvalue weighted by atomic mass is 9.57. The van der Waals surface area contributed by atoms with E-state index in [4.69, 9.17) is 4.74 Å². The Hall–Kier alpha value is -0.450. The number of nitrogens with zero attached hydrogens (tertiary/aromatic N) is 2. The maximum Gasteiger partial charge on any atom is 0.150 e. The number of Topliss-reactive ketones (excluding diaryl/α,β-unsaturated/α-hetero) is 1. The smallest absolute Gasteiger partial charge is 0.150 e. The highest BCUT2D eigenvalue weighted by Gasteiger charge is 2.65. The monoisotopic (exact) mass is 348 g/mol. The van der Waals surface area contributed by atoms with Crippen LogP contribution in [0.25, 0.3) is 0 Å². The Kier molecular flexibility index (Phi) is 4.33. The minimum atomic E-state index is -0.0857. The summed E-state index contributed by atoms with van der Waals surface area (Å²) in [6.07, 6.45) is 7.20. The van der Waals surface area contributed by atoms with Crippen LogP contribution >= 0.6 is 0 Å². The third-order valence-corrected chi connectivity index (χ3v) is 7.35. The van der Waals surface area contributed by atoms with Crippen molar-refractivity contribution in [3.63, 3.8) is 0 Å². The zero-order chi connectivity index (χ0) is 17.9. The second kappa shape index (κ2) is 6.03. The summed E-state index contributed by atoms with van der Waals surface area (Å²) in [6.45, 7) is 13.8. The van der Waals surface area contributed by atoms with Gasteiger partial charge in [-0.2, -0.15) is 0 Å². The fraction of sp³-hybridized carbons (Fsp3) is 0.952. The average molecular weight is 349 g/mol. The quantitative estimate of drug-likeness (QED) is 0.763. The van der Waals surface area contributed by atoms with Crippen molar-refractivity contribution < 1.29 is 9.53 Å². The van der Waals surface area contributed by atoms with Crippen LogP contribution in [0.5, 0.6) is 0 Å². The molecule has 0 aromatic rings. The molecule has 0 aliphatic carbocycles. The molecule has 0 radical (unpaired) electrons. The lowest BCUT2D eigenvalue weighted by molar-refractivity contribution is -0.221. The zero-order valence-electron chi connectivity index (χ0n) is 16.6. The summed E-state index contributed by atoms with van der Waals surface area (Å²) in [4.78, 5) is 18.9. The molecule has 25 heavy (non-hydrogen) atoms. The fourth-order valence-electron chi connectivity index (χ4n) is 6.85. The summed E-state index contributed by atoms with van der Waals surface area (Å²) in [6, 6.07) is 0. The number of hydrogen-bond acceptors (Lipinski definition) is 4. The van der Waals surface area contributed by atoms with Crippen molar-refractivity contribution in [1.29, 1.82) is 0 Å². The van der Waals surface area contributed by atoms with Crippen LogP contribution in [0.2, 0.25) is 0 Å². The van der Waals surface area contributed by atoms with Crippen molar-refractivity contribution in [3.8, 4) is 0 Å². The first-order valence-corrected chi connectivity index (χ1v) is 10.5. The van der Waals surface area contributed by atoms with Gasteiger partial charge in [0, 0.05) is 32.8 Å². The van der Waals surface area contributed by atoms with Crippen LogP contribution in [0.15, 0.2) is 0 Å². The molecule has 0 saturated carbocycles. The standard InChI is InChI=1S/C21H36N2O2/c1-5-8-20-12-22-14-21(9-6-2,18(20)24)15-23(13-20)17(22)16-7-10-25-19(3,4)11-16/h16-17H,5-15H2,1-4H3. The second-order valence-electron chi connectivity index (χ2n) is 9.97. The lowest BCUT2D eigenvalue weighted by Gasteiger charge is -2.68. The molecule has 142 valence electrons. The molecule has 5 saturated heterocycles. The summed E-state index contributed by atoms with van der Waals surface area (Å²) in [5.74, 6) is 1.29.